The molecule has 0 amide bonds. The Morgan fingerprint density at radius 3 is 1.45 bits per heavy atom. The number of hydrogen-bond acceptors (Lipinski definition) is 2. The fraction of sp³-hybridized carbons (Fsp3) is 0. The van der Waals surface area contributed by atoms with E-state index in [1.165, 1.54) is 33.2 Å². The molecule has 0 unspecified atom stereocenters. The summed E-state index contributed by atoms with van der Waals surface area (Å²) in [6.45, 7) is 0. The van der Waals surface area contributed by atoms with E-state index < -0.39 is 0 Å². The summed E-state index contributed by atoms with van der Waals surface area (Å²) in [5.41, 5.74) is 16.7. The molecule has 1 heterocycles. The van der Waals surface area contributed by atoms with Gasteiger partial charge in [0.05, 0.1) is 11.4 Å². The molecular formula is C58H39NO. The van der Waals surface area contributed by atoms with E-state index in [1.54, 1.807) is 0 Å². The van der Waals surface area contributed by atoms with Gasteiger partial charge >= 0.3 is 0 Å². The maximum Gasteiger partial charge on any atom is 0.143 e. The van der Waals surface area contributed by atoms with Crippen LogP contribution in [0.5, 0.6) is 0 Å². The molecule has 0 aliphatic rings. The monoisotopic (exact) mass is 765 g/mol. The SMILES string of the molecule is c1ccc(-c2cc(-c3ccccc3)cc(-c3ccc(N(c4ccccc4-c4ccccc4)c4ccccc4-c4cccc5oc6c7ccccc7ccc6c45)cc3)c2)cc1. The Labute approximate surface area is 349 Å². The highest BCUT2D eigenvalue weighted by atomic mass is 16.3. The zero-order valence-electron chi connectivity index (χ0n) is 32.9. The van der Waals surface area contributed by atoms with Gasteiger partial charge in [0, 0.05) is 33.0 Å². The largest absolute Gasteiger partial charge is 0.455 e. The fourth-order valence-corrected chi connectivity index (χ4v) is 8.80. The molecule has 282 valence electrons. The molecule has 0 aliphatic carbocycles. The third-order valence-electron chi connectivity index (χ3n) is 11.7. The van der Waals surface area contributed by atoms with Crippen molar-refractivity contribution >= 4 is 49.8 Å². The van der Waals surface area contributed by atoms with Crippen LogP contribution in [0.3, 0.4) is 0 Å². The van der Waals surface area contributed by atoms with Gasteiger partial charge in [-0.15, -0.1) is 0 Å². The number of hydrogen-bond donors (Lipinski definition) is 0. The van der Waals surface area contributed by atoms with E-state index in [-0.39, 0.29) is 0 Å². The average Bonchev–Trinajstić information content (AvgIpc) is 3.73. The van der Waals surface area contributed by atoms with Crippen LogP contribution in [0, 0.1) is 0 Å². The van der Waals surface area contributed by atoms with Crippen molar-refractivity contribution in [2.75, 3.05) is 4.90 Å². The van der Waals surface area contributed by atoms with Crippen molar-refractivity contribution in [3.05, 3.63) is 237 Å². The van der Waals surface area contributed by atoms with Crippen molar-refractivity contribution in [3.8, 4) is 55.6 Å². The van der Waals surface area contributed by atoms with Crippen LogP contribution in [0.1, 0.15) is 0 Å². The summed E-state index contributed by atoms with van der Waals surface area (Å²) in [4.78, 5) is 2.42. The van der Waals surface area contributed by atoms with Crippen molar-refractivity contribution in [2.45, 2.75) is 0 Å². The molecule has 0 saturated heterocycles. The Morgan fingerprint density at radius 1 is 0.300 bits per heavy atom. The van der Waals surface area contributed by atoms with Crippen LogP contribution in [0.2, 0.25) is 0 Å². The summed E-state index contributed by atoms with van der Waals surface area (Å²) in [5, 5.41) is 4.52. The van der Waals surface area contributed by atoms with Crippen molar-refractivity contribution in [1.29, 1.82) is 0 Å². The molecule has 0 atom stereocenters. The van der Waals surface area contributed by atoms with Crippen molar-refractivity contribution in [2.24, 2.45) is 0 Å². The molecule has 0 bridgehead atoms. The quantitative estimate of drug-likeness (QED) is 0.153. The van der Waals surface area contributed by atoms with Gasteiger partial charge in [0.1, 0.15) is 11.2 Å². The molecule has 1 aromatic heterocycles. The molecule has 0 N–H and O–H groups in total. The van der Waals surface area contributed by atoms with Crippen LogP contribution in [0.4, 0.5) is 17.1 Å². The lowest BCUT2D eigenvalue weighted by molar-refractivity contribution is 0.673. The van der Waals surface area contributed by atoms with Gasteiger partial charge in [-0.05, 0) is 104 Å². The highest BCUT2D eigenvalue weighted by Crippen LogP contribution is 2.48. The molecule has 0 spiro atoms. The number of nitrogens with zero attached hydrogens (tertiary/aromatic N) is 1. The number of furan rings is 1. The molecule has 10 aromatic carbocycles. The molecular weight excluding hydrogens is 727 g/mol. The molecule has 0 radical (unpaired) electrons. The van der Waals surface area contributed by atoms with E-state index in [4.69, 9.17) is 4.42 Å². The van der Waals surface area contributed by atoms with Crippen molar-refractivity contribution < 1.29 is 4.42 Å². The molecule has 0 aliphatic heterocycles. The maximum absolute atomic E-state index is 6.69. The van der Waals surface area contributed by atoms with E-state index in [0.29, 0.717) is 0 Å². The fourth-order valence-electron chi connectivity index (χ4n) is 8.80. The maximum atomic E-state index is 6.69. The van der Waals surface area contributed by atoms with Gasteiger partial charge in [-0.2, -0.15) is 0 Å². The lowest BCUT2D eigenvalue weighted by Gasteiger charge is -2.30. The lowest BCUT2D eigenvalue weighted by Crippen LogP contribution is -2.12. The topological polar surface area (TPSA) is 16.4 Å². The second-order valence-corrected chi connectivity index (χ2v) is 15.3. The van der Waals surface area contributed by atoms with Gasteiger partial charge in [-0.25, -0.2) is 0 Å². The third kappa shape index (κ3) is 6.32. The van der Waals surface area contributed by atoms with Gasteiger partial charge in [-0.1, -0.05) is 182 Å². The van der Waals surface area contributed by atoms with Gasteiger partial charge < -0.3 is 9.32 Å². The zero-order chi connectivity index (χ0) is 39.8. The first-order valence-electron chi connectivity index (χ1n) is 20.5. The summed E-state index contributed by atoms with van der Waals surface area (Å²) in [6, 6.07) is 84.8. The van der Waals surface area contributed by atoms with Crippen LogP contribution >= 0.6 is 0 Å². The third-order valence-corrected chi connectivity index (χ3v) is 11.7. The van der Waals surface area contributed by atoms with Crippen LogP contribution in [0.15, 0.2) is 241 Å². The van der Waals surface area contributed by atoms with E-state index >= 15 is 0 Å². The summed E-state index contributed by atoms with van der Waals surface area (Å²) in [6.07, 6.45) is 0. The molecule has 2 nitrogen and oxygen atoms in total. The summed E-state index contributed by atoms with van der Waals surface area (Å²) >= 11 is 0. The van der Waals surface area contributed by atoms with E-state index in [2.05, 4.69) is 241 Å². The minimum atomic E-state index is 0.877. The zero-order valence-corrected chi connectivity index (χ0v) is 32.9. The summed E-state index contributed by atoms with van der Waals surface area (Å²) in [5.74, 6) is 0. The van der Waals surface area contributed by atoms with Crippen molar-refractivity contribution in [3.63, 3.8) is 0 Å². The first-order valence-corrected chi connectivity index (χ1v) is 20.5. The standard InChI is InChI=1S/C58H39NO/c1-4-17-40(18-5-1)45-37-46(41-19-6-2-7-20-41)39-47(38-45)42-31-34-48(35-32-42)59(54-28-14-12-24-49(54)43-21-8-3-9-22-43)55-29-15-13-26-51(55)52-27-16-30-56-57(52)53-36-33-44-23-10-11-25-50(44)58(53)60-56/h1-39H. The molecule has 2 heteroatoms. The van der Waals surface area contributed by atoms with Crippen LogP contribution in [-0.2, 0) is 0 Å². The minimum Gasteiger partial charge on any atom is -0.455 e. The first-order chi connectivity index (χ1) is 29.8. The predicted molar refractivity (Wildman–Crippen MR) is 253 cm³/mol. The lowest BCUT2D eigenvalue weighted by atomic mass is 9.93. The predicted octanol–water partition coefficient (Wildman–Crippen LogP) is 16.5. The van der Waals surface area contributed by atoms with Gasteiger partial charge in [0.25, 0.3) is 0 Å². The van der Waals surface area contributed by atoms with Gasteiger partial charge in [-0.3, -0.25) is 0 Å². The molecule has 11 aromatic rings. The second-order valence-electron chi connectivity index (χ2n) is 15.3. The van der Waals surface area contributed by atoms with E-state index in [9.17, 15) is 0 Å². The molecule has 0 fully saturated rings. The van der Waals surface area contributed by atoms with Crippen LogP contribution in [0.25, 0.3) is 88.3 Å². The normalized spacial score (nSPS) is 11.3. The summed E-state index contributed by atoms with van der Waals surface area (Å²) < 4.78 is 6.69. The van der Waals surface area contributed by atoms with Crippen LogP contribution in [-0.4, -0.2) is 0 Å². The Bertz CT molecular complexity index is 3240. The Balaban J connectivity index is 1.10. The van der Waals surface area contributed by atoms with Gasteiger partial charge in [0.15, 0.2) is 0 Å². The Morgan fingerprint density at radius 2 is 0.800 bits per heavy atom. The number of benzene rings is 10. The number of para-hydroxylation sites is 2. The van der Waals surface area contributed by atoms with Gasteiger partial charge in [0.2, 0.25) is 0 Å². The van der Waals surface area contributed by atoms with E-state index in [0.717, 1.165) is 72.2 Å². The van der Waals surface area contributed by atoms with E-state index in [1.807, 2.05) is 0 Å². The Kier molecular flexibility index (Phi) is 8.87. The summed E-state index contributed by atoms with van der Waals surface area (Å²) in [7, 11) is 0. The highest BCUT2D eigenvalue weighted by Gasteiger charge is 2.23. The molecule has 60 heavy (non-hydrogen) atoms. The molecule has 0 saturated carbocycles. The minimum absolute atomic E-state index is 0.877. The average molecular weight is 766 g/mol. The van der Waals surface area contributed by atoms with Crippen molar-refractivity contribution in [1.82, 2.24) is 0 Å². The Hall–Kier alpha value is -7.94. The highest BCUT2D eigenvalue weighted by molar-refractivity contribution is 6.19. The number of fused-ring (bicyclic) bond motifs is 5. The smallest absolute Gasteiger partial charge is 0.143 e. The number of rotatable bonds is 8. The number of anilines is 3. The second kappa shape index (κ2) is 15.1. The first kappa shape index (κ1) is 35.2. The molecule has 11 rings (SSSR count). The van der Waals surface area contributed by atoms with Crippen LogP contribution < -0.4 is 4.90 Å².